The van der Waals surface area contributed by atoms with E-state index < -0.39 is 24.3 Å². The Morgan fingerprint density at radius 1 is 0.337 bits per heavy atom. The summed E-state index contributed by atoms with van der Waals surface area (Å²) in [5.41, 5.74) is 0. The van der Waals surface area contributed by atoms with Crippen LogP contribution in [-0.2, 0) is 33.3 Å². The molecule has 1 N–H and O–H groups in total. The van der Waals surface area contributed by atoms with Crippen LogP contribution in [0.15, 0.2) is 122 Å². The van der Waals surface area contributed by atoms with Crippen molar-refractivity contribution >= 4 is 17.9 Å². The maximum atomic E-state index is 13.0. The van der Waals surface area contributed by atoms with Gasteiger partial charge in [0.1, 0.15) is 13.2 Å². The molecule has 0 aliphatic carbocycles. The molecule has 9 heteroatoms. The van der Waals surface area contributed by atoms with E-state index in [9.17, 15) is 19.5 Å². The molecular weight excluding hydrogens is 1140 g/mol. The lowest BCUT2D eigenvalue weighted by molar-refractivity contribution is -0.870. The van der Waals surface area contributed by atoms with Gasteiger partial charge >= 0.3 is 17.9 Å². The lowest BCUT2D eigenvalue weighted by Gasteiger charge is -2.25. The van der Waals surface area contributed by atoms with Gasteiger partial charge in [-0.1, -0.05) is 347 Å². The van der Waals surface area contributed by atoms with Crippen LogP contribution in [0.3, 0.4) is 0 Å². The lowest BCUT2D eigenvalue weighted by Crippen LogP contribution is -2.40. The van der Waals surface area contributed by atoms with Gasteiger partial charge in [-0.3, -0.25) is 9.59 Å². The van der Waals surface area contributed by atoms with Crippen LogP contribution in [0.2, 0.25) is 0 Å². The second-order valence-corrected chi connectivity index (χ2v) is 26.6. The van der Waals surface area contributed by atoms with Gasteiger partial charge < -0.3 is 28.5 Å². The van der Waals surface area contributed by atoms with Crippen molar-refractivity contribution in [3.8, 4) is 0 Å². The number of quaternary nitrogens is 1. The van der Waals surface area contributed by atoms with Gasteiger partial charge in [-0.05, 0) is 89.9 Å². The van der Waals surface area contributed by atoms with Crippen molar-refractivity contribution < 1.29 is 42.9 Å². The smallest absolute Gasteiger partial charge is 0.361 e. The molecule has 0 aliphatic rings. The second kappa shape index (κ2) is 72.5. The first kappa shape index (κ1) is 87.7. The number of carbonyl (C=O) groups excluding carboxylic acids is 2. The van der Waals surface area contributed by atoms with Crippen molar-refractivity contribution in [2.75, 3.05) is 47.5 Å². The normalized spacial score (nSPS) is 13.4. The second-order valence-electron chi connectivity index (χ2n) is 26.6. The standard InChI is InChI=1S/C83H143NO8/c1-6-8-10-12-14-16-18-20-22-24-26-28-30-32-34-36-37-38-39-40-41-42-43-44-45-46-48-50-52-54-56-58-60-62-64-66-68-70-72-74-81(86)92-79(78-91-83(82(87)88)89-76-75-84(3,4)5)77-90-80(85)73-71-69-67-65-63-61-59-57-55-53-51-49-47-35-33-31-29-27-25-23-21-19-17-15-13-11-9-7-2/h8,10,14,16,20,22,26,28,32,34,37-38,40-41,43-44,46,48,52,54,79,83H,6-7,9,11-13,15,17-19,21,23-25,27,29-31,33,35-36,39,42,45,47,49-51,53,55-78H2,1-5H3/p+1/b10-8-,16-14-,22-20-,28-26-,34-32-,38-37-,41-40-,44-43-,48-46-,54-52-. The third-order valence-electron chi connectivity index (χ3n) is 16.5. The van der Waals surface area contributed by atoms with E-state index in [1.807, 2.05) is 21.1 Å². The molecule has 0 radical (unpaired) electrons. The van der Waals surface area contributed by atoms with Gasteiger partial charge in [-0.2, -0.15) is 0 Å². The topological polar surface area (TPSA) is 108 Å². The van der Waals surface area contributed by atoms with E-state index in [0.29, 0.717) is 23.9 Å². The third kappa shape index (κ3) is 73.1. The first-order valence-corrected chi connectivity index (χ1v) is 38.2. The fourth-order valence-electron chi connectivity index (χ4n) is 10.7. The highest BCUT2D eigenvalue weighted by molar-refractivity contribution is 5.71. The summed E-state index contributed by atoms with van der Waals surface area (Å²) in [6, 6.07) is 0. The predicted molar refractivity (Wildman–Crippen MR) is 396 cm³/mol. The molecule has 0 rings (SSSR count). The quantitative estimate of drug-likeness (QED) is 0.0211. The first-order chi connectivity index (χ1) is 45.1. The average Bonchev–Trinajstić information content (AvgIpc) is 3.75. The molecule has 92 heavy (non-hydrogen) atoms. The predicted octanol–water partition coefficient (Wildman–Crippen LogP) is 24.3. The number of rotatable bonds is 70. The van der Waals surface area contributed by atoms with Crippen LogP contribution < -0.4 is 0 Å². The molecule has 0 fully saturated rings. The van der Waals surface area contributed by atoms with Crippen LogP contribution in [0.25, 0.3) is 0 Å². The Bertz CT molecular complexity index is 1930. The highest BCUT2D eigenvalue weighted by Gasteiger charge is 2.25. The zero-order valence-electron chi connectivity index (χ0n) is 60.4. The molecule has 0 saturated carbocycles. The molecule has 0 aliphatic heterocycles. The van der Waals surface area contributed by atoms with E-state index in [1.165, 1.54) is 186 Å². The van der Waals surface area contributed by atoms with Crippen LogP contribution in [0.4, 0.5) is 0 Å². The summed E-state index contributed by atoms with van der Waals surface area (Å²) >= 11 is 0. The van der Waals surface area contributed by atoms with Gasteiger partial charge in [0.15, 0.2) is 6.10 Å². The molecule has 0 aromatic rings. The van der Waals surface area contributed by atoms with Crippen LogP contribution in [-0.4, -0.2) is 87.4 Å². The maximum Gasteiger partial charge on any atom is 0.361 e. The number of esters is 2. The Kier molecular flexibility index (Phi) is 69.1. The summed E-state index contributed by atoms with van der Waals surface area (Å²) in [7, 11) is 5.98. The number of hydrogen-bond acceptors (Lipinski definition) is 7. The minimum atomic E-state index is -1.52. The monoisotopic (exact) mass is 1280 g/mol. The molecule has 0 spiro atoms. The number of likely N-dealkylation sites (N-methyl/N-ethyl adjacent to an activating group) is 1. The Balaban J connectivity index is 4.12. The molecule has 2 unspecified atom stereocenters. The zero-order chi connectivity index (χ0) is 66.8. The molecule has 0 amide bonds. The van der Waals surface area contributed by atoms with Gasteiger partial charge in [-0.15, -0.1) is 0 Å². The number of carboxylic acids is 1. The molecule has 0 bridgehead atoms. The van der Waals surface area contributed by atoms with Crippen molar-refractivity contribution in [3.05, 3.63) is 122 Å². The molecule has 0 saturated heterocycles. The maximum absolute atomic E-state index is 13.0. The molecular formula is C83H144NO8+. The summed E-state index contributed by atoms with van der Waals surface area (Å²) in [5, 5.41) is 9.76. The van der Waals surface area contributed by atoms with Gasteiger partial charge in [0.25, 0.3) is 6.29 Å². The molecule has 0 heterocycles. The van der Waals surface area contributed by atoms with Crippen LogP contribution in [0.5, 0.6) is 0 Å². The largest absolute Gasteiger partial charge is 0.477 e. The van der Waals surface area contributed by atoms with E-state index in [0.717, 1.165) is 109 Å². The third-order valence-corrected chi connectivity index (χ3v) is 16.5. The van der Waals surface area contributed by atoms with Gasteiger partial charge in [0, 0.05) is 12.8 Å². The molecule has 9 nitrogen and oxygen atoms in total. The number of hydrogen-bond donors (Lipinski definition) is 1. The Labute approximate surface area is 567 Å². The number of ether oxygens (including phenoxy) is 4. The molecule has 528 valence electrons. The molecule has 0 aromatic carbocycles. The SMILES string of the molecule is CC/C=C\C/C=C\C/C=C\C/C=C\C/C=C\C/C=C\C/C=C\C/C=C\C/C=C\C/C=C\CCCCCCCCCCC(=O)OC(COC(=O)CCCCCCCCCCCCCCCCCCCCCCCCCCCCCC)COC(OCC[N+](C)(C)C)C(=O)O. The van der Waals surface area contributed by atoms with Gasteiger partial charge in [0.2, 0.25) is 0 Å². The minimum absolute atomic E-state index is 0.182. The van der Waals surface area contributed by atoms with Crippen molar-refractivity contribution in [2.24, 2.45) is 0 Å². The molecule has 0 aromatic heterocycles. The number of carbonyl (C=O) groups is 3. The summed E-state index contributed by atoms with van der Waals surface area (Å²) in [5.74, 6) is -2.01. The number of nitrogens with zero attached hydrogens (tertiary/aromatic N) is 1. The minimum Gasteiger partial charge on any atom is -0.477 e. The average molecular weight is 1280 g/mol. The zero-order valence-corrected chi connectivity index (χ0v) is 60.4. The van der Waals surface area contributed by atoms with Crippen LogP contribution in [0.1, 0.15) is 328 Å². The Morgan fingerprint density at radius 2 is 0.620 bits per heavy atom. The highest BCUT2D eigenvalue weighted by Crippen LogP contribution is 2.18. The van der Waals surface area contributed by atoms with E-state index in [2.05, 4.69) is 135 Å². The summed E-state index contributed by atoms with van der Waals surface area (Å²) in [6.45, 7) is 4.79. The van der Waals surface area contributed by atoms with Crippen molar-refractivity contribution in [1.82, 2.24) is 0 Å². The van der Waals surface area contributed by atoms with E-state index in [-0.39, 0.29) is 32.2 Å². The first-order valence-electron chi connectivity index (χ1n) is 38.2. The van der Waals surface area contributed by atoms with Gasteiger partial charge in [0.05, 0.1) is 34.4 Å². The van der Waals surface area contributed by atoms with Crippen molar-refractivity contribution in [2.45, 2.75) is 341 Å². The number of aliphatic carboxylic acids is 1. The Hall–Kier alpha value is -4.31. The number of unbranched alkanes of at least 4 members (excludes halogenated alkanes) is 35. The fraction of sp³-hybridized carbons (Fsp3) is 0.723. The van der Waals surface area contributed by atoms with Crippen molar-refractivity contribution in [1.29, 1.82) is 0 Å². The van der Waals surface area contributed by atoms with E-state index in [1.54, 1.807) is 0 Å². The van der Waals surface area contributed by atoms with E-state index >= 15 is 0 Å². The molecule has 2 atom stereocenters. The van der Waals surface area contributed by atoms with Crippen molar-refractivity contribution in [3.63, 3.8) is 0 Å². The summed E-state index contributed by atoms with van der Waals surface area (Å²) < 4.78 is 23.0. The number of carboxylic acid groups (broad SMARTS) is 1. The van der Waals surface area contributed by atoms with Crippen LogP contribution >= 0.6 is 0 Å². The van der Waals surface area contributed by atoms with Crippen LogP contribution in [0, 0.1) is 0 Å². The number of allylic oxidation sites excluding steroid dienone is 20. The van der Waals surface area contributed by atoms with Gasteiger partial charge in [-0.25, -0.2) is 4.79 Å². The fourth-order valence-corrected chi connectivity index (χ4v) is 10.7. The summed E-state index contributed by atoms with van der Waals surface area (Å²) in [4.78, 5) is 37.7. The summed E-state index contributed by atoms with van der Waals surface area (Å²) in [6.07, 6.45) is 100. The highest BCUT2D eigenvalue weighted by atomic mass is 16.7. The Morgan fingerprint density at radius 3 is 0.924 bits per heavy atom. The van der Waals surface area contributed by atoms with E-state index in [4.69, 9.17) is 18.9 Å². The lowest BCUT2D eigenvalue weighted by atomic mass is 10.0.